The van der Waals surface area contributed by atoms with Gasteiger partial charge < -0.3 is 30.7 Å². The van der Waals surface area contributed by atoms with Crippen molar-refractivity contribution in [3.63, 3.8) is 0 Å². The first-order chi connectivity index (χ1) is 17.4. The average molecular weight is 492 g/mol. The van der Waals surface area contributed by atoms with Crippen LogP contribution in [0, 0.1) is 0 Å². The number of hydrogen-bond donors (Lipinski definition) is 3. The lowest BCUT2D eigenvalue weighted by atomic mass is 9.88. The summed E-state index contributed by atoms with van der Waals surface area (Å²) in [5, 5.41) is 13.8. The molecule has 0 aliphatic carbocycles. The predicted octanol–water partition coefficient (Wildman–Crippen LogP) is 3.39. The molecule has 1 aliphatic rings. The Hall–Kier alpha value is -3.92. The third-order valence-corrected chi connectivity index (χ3v) is 6.55. The second-order valence-corrected chi connectivity index (χ2v) is 8.74. The van der Waals surface area contributed by atoms with E-state index in [1.807, 2.05) is 50.2 Å². The van der Waals surface area contributed by atoms with Gasteiger partial charge in [-0.15, -0.1) is 0 Å². The van der Waals surface area contributed by atoms with Crippen molar-refractivity contribution in [1.29, 1.82) is 0 Å². The molecule has 0 unspecified atom stereocenters. The van der Waals surface area contributed by atoms with E-state index in [-0.39, 0.29) is 18.6 Å². The van der Waals surface area contributed by atoms with Gasteiger partial charge in [0, 0.05) is 44.3 Å². The van der Waals surface area contributed by atoms with Crippen LogP contribution in [0.2, 0.25) is 0 Å². The Morgan fingerprint density at radius 2 is 1.86 bits per heavy atom. The molecule has 0 saturated carbocycles. The second kappa shape index (κ2) is 11.2. The molecular weight excluding hydrogens is 458 g/mol. The molecular formula is C26H33N7O3. The zero-order valence-electron chi connectivity index (χ0n) is 20.7. The lowest BCUT2D eigenvalue weighted by Gasteiger charge is -2.36. The standard InChI is InChI=1S/C26H33N7O3/c1-3-26(35,4-2)19-7-5-8-20(17-19)31-25(34)33-15-13-32(14-16-33)23-22(9-6-11-28-23)36-18-21-10-12-29-24(27)30-21/h5-12,17,35H,3-4,13-16,18H2,1-2H3,(H,31,34)(H2,27,29,30). The fourth-order valence-corrected chi connectivity index (χ4v) is 4.25. The van der Waals surface area contributed by atoms with E-state index >= 15 is 0 Å². The molecule has 36 heavy (non-hydrogen) atoms. The van der Waals surface area contributed by atoms with E-state index < -0.39 is 5.60 Å². The number of pyridine rings is 1. The first-order valence-corrected chi connectivity index (χ1v) is 12.2. The summed E-state index contributed by atoms with van der Waals surface area (Å²) in [6.07, 6.45) is 4.54. The minimum Gasteiger partial charge on any atom is -0.483 e. The molecule has 1 fully saturated rings. The highest BCUT2D eigenvalue weighted by molar-refractivity contribution is 5.89. The van der Waals surface area contributed by atoms with Gasteiger partial charge in [-0.1, -0.05) is 26.0 Å². The largest absolute Gasteiger partial charge is 0.483 e. The Bertz CT molecular complexity index is 1180. The van der Waals surface area contributed by atoms with Gasteiger partial charge in [0.25, 0.3) is 0 Å². The van der Waals surface area contributed by atoms with Gasteiger partial charge >= 0.3 is 6.03 Å². The van der Waals surface area contributed by atoms with Crippen molar-refractivity contribution in [2.24, 2.45) is 0 Å². The second-order valence-electron chi connectivity index (χ2n) is 8.74. The van der Waals surface area contributed by atoms with Gasteiger partial charge in [0.15, 0.2) is 11.6 Å². The molecule has 2 amide bonds. The molecule has 1 aromatic carbocycles. The zero-order chi connectivity index (χ0) is 25.5. The van der Waals surface area contributed by atoms with Crippen LogP contribution in [0.25, 0.3) is 0 Å². The number of aliphatic hydroxyl groups is 1. The van der Waals surface area contributed by atoms with E-state index in [1.165, 1.54) is 0 Å². The number of rotatable bonds is 8. The van der Waals surface area contributed by atoms with Crippen molar-refractivity contribution in [1.82, 2.24) is 19.9 Å². The van der Waals surface area contributed by atoms with Crippen LogP contribution in [0.15, 0.2) is 54.9 Å². The van der Waals surface area contributed by atoms with Crippen molar-refractivity contribution >= 4 is 23.5 Å². The molecule has 190 valence electrons. The van der Waals surface area contributed by atoms with E-state index in [1.54, 1.807) is 23.4 Å². The number of carbonyl (C=O) groups excluding carboxylic acids is 1. The van der Waals surface area contributed by atoms with Crippen LogP contribution >= 0.6 is 0 Å². The van der Waals surface area contributed by atoms with E-state index in [4.69, 9.17) is 10.5 Å². The zero-order valence-corrected chi connectivity index (χ0v) is 20.7. The van der Waals surface area contributed by atoms with Crippen molar-refractivity contribution in [2.75, 3.05) is 42.1 Å². The van der Waals surface area contributed by atoms with Crippen molar-refractivity contribution in [3.05, 3.63) is 66.1 Å². The normalized spacial score (nSPS) is 14.0. The highest BCUT2D eigenvalue weighted by Gasteiger charge is 2.26. The Kier molecular flexibility index (Phi) is 7.84. The van der Waals surface area contributed by atoms with Crippen LogP contribution in [0.5, 0.6) is 5.75 Å². The molecule has 3 heterocycles. The summed E-state index contributed by atoms with van der Waals surface area (Å²) in [5.41, 5.74) is 6.92. The number of nitrogens with zero attached hydrogens (tertiary/aromatic N) is 5. The van der Waals surface area contributed by atoms with Crippen molar-refractivity contribution in [2.45, 2.75) is 38.9 Å². The number of anilines is 3. The molecule has 0 atom stereocenters. The summed E-state index contributed by atoms with van der Waals surface area (Å²) in [4.78, 5) is 29.4. The van der Waals surface area contributed by atoms with E-state index in [0.29, 0.717) is 56.2 Å². The Balaban J connectivity index is 1.35. The highest BCUT2D eigenvalue weighted by atomic mass is 16.5. The number of piperazine rings is 1. The topological polar surface area (TPSA) is 130 Å². The summed E-state index contributed by atoms with van der Waals surface area (Å²) >= 11 is 0. The summed E-state index contributed by atoms with van der Waals surface area (Å²) in [6.45, 7) is 6.48. The van der Waals surface area contributed by atoms with E-state index in [2.05, 4.69) is 25.2 Å². The molecule has 0 spiro atoms. The minimum atomic E-state index is -0.894. The first-order valence-electron chi connectivity index (χ1n) is 12.2. The molecule has 10 heteroatoms. The van der Waals surface area contributed by atoms with Crippen molar-refractivity contribution < 1.29 is 14.6 Å². The highest BCUT2D eigenvalue weighted by Crippen LogP contribution is 2.30. The maximum atomic E-state index is 12.9. The van der Waals surface area contributed by atoms with Gasteiger partial charge in [0.1, 0.15) is 6.61 Å². The molecule has 10 nitrogen and oxygen atoms in total. The monoisotopic (exact) mass is 491 g/mol. The quantitative estimate of drug-likeness (QED) is 0.437. The molecule has 0 bridgehead atoms. The van der Waals surface area contributed by atoms with Gasteiger partial charge in [-0.2, -0.15) is 0 Å². The fraction of sp³-hybridized carbons (Fsp3) is 0.385. The third kappa shape index (κ3) is 5.83. The molecule has 2 aromatic heterocycles. The lowest BCUT2D eigenvalue weighted by molar-refractivity contribution is 0.0284. The van der Waals surface area contributed by atoms with Crippen molar-refractivity contribution in [3.8, 4) is 5.75 Å². The summed E-state index contributed by atoms with van der Waals surface area (Å²) in [5.74, 6) is 1.57. The lowest BCUT2D eigenvalue weighted by Crippen LogP contribution is -2.50. The molecule has 0 radical (unpaired) electrons. The van der Waals surface area contributed by atoms with Gasteiger partial charge in [-0.3, -0.25) is 0 Å². The number of aromatic nitrogens is 3. The number of ether oxygens (including phenoxy) is 1. The van der Waals surface area contributed by atoms with E-state index in [0.717, 1.165) is 11.4 Å². The Morgan fingerprint density at radius 3 is 2.58 bits per heavy atom. The number of hydrogen-bond acceptors (Lipinski definition) is 8. The van der Waals surface area contributed by atoms with Gasteiger partial charge in [0.05, 0.1) is 11.3 Å². The van der Waals surface area contributed by atoms with Crippen LogP contribution in [0.3, 0.4) is 0 Å². The first kappa shape index (κ1) is 25.2. The Labute approximate surface area is 211 Å². The number of urea groups is 1. The molecule has 1 saturated heterocycles. The number of nitrogens with two attached hydrogens (primary N) is 1. The van der Waals surface area contributed by atoms with Crippen LogP contribution in [-0.4, -0.2) is 57.2 Å². The minimum absolute atomic E-state index is 0.165. The molecule has 3 aromatic rings. The number of carbonyl (C=O) groups is 1. The molecule has 4 N–H and O–H groups in total. The summed E-state index contributed by atoms with van der Waals surface area (Å²) in [7, 11) is 0. The number of benzene rings is 1. The van der Waals surface area contributed by atoms with E-state index in [9.17, 15) is 9.90 Å². The van der Waals surface area contributed by atoms with Crippen LogP contribution in [0.1, 0.15) is 37.9 Å². The van der Waals surface area contributed by atoms with Gasteiger partial charge in [0.2, 0.25) is 5.95 Å². The van der Waals surface area contributed by atoms with Crippen LogP contribution in [0.4, 0.5) is 22.2 Å². The van der Waals surface area contributed by atoms with Crippen LogP contribution in [-0.2, 0) is 12.2 Å². The third-order valence-electron chi connectivity index (χ3n) is 6.55. The number of nitrogen functional groups attached to an aromatic ring is 1. The SMILES string of the molecule is CCC(O)(CC)c1cccc(NC(=O)N2CCN(c3ncccc3OCc3ccnc(N)n3)CC2)c1. The summed E-state index contributed by atoms with van der Waals surface area (Å²) < 4.78 is 5.98. The number of nitrogens with one attached hydrogen (secondary N) is 1. The molecule has 1 aliphatic heterocycles. The average Bonchev–Trinajstić information content (AvgIpc) is 2.92. The smallest absolute Gasteiger partial charge is 0.321 e. The summed E-state index contributed by atoms with van der Waals surface area (Å²) in [6, 6.07) is 12.7. The number of amides is 2. The van der Waals surface area contributed by atoms with Gasteiger partial charge in [-0.05, 0) is 48.7 Å². The maximum absolute atomic E-state index is 12.9. The molecule has 4 rings (SSSR count). The van der Waals surface area contributed by atoms with Crippen LogP contribution < -0.4 is 20.7 Å². The maximum Gasteiger partial charge on any atom is 0.321 e. The Morgan fingerprint density at radius 1 is 1.08 bits per heavy atom. The fourth-order valence-electron chi connectivity index (χ4n) is 4.25. The predicted molar refractivity (Wildman–Crippen MR) is 139 cm³/mol. The van der Waals surface area contributed by atoms with Gasteiger partial charge in [-0.25, -0.2) is 19.7 Å².